The van der Waals surface area contributed by atoms with Crippen LogP contribution in [0.2, 0.25) is 15.1 Å². The van der Waals surface area contributed by atoms with E-state index in [2.05, 4.69) is 10.3 Å². The molecule has 3 aromatic rings. The van der Waals surface area contributed by atoms with Crippen LogP contribution in [0.5, 0.6) is 11.5 Å². The summed E-state index contributed by atoms with van der Waals surface area (Å²) >= 11 is 19.2. The lowest BCUT2D eigenvalue weighted by Gasteiger charge is -2.13. The number of halogens is 3. The van der Waals surface area contributed by atoms with Crippen LogP contribution >= 0.6 is 46.6 Å². The van der Waals surface area contributed by atoms with Crippen molar-refractivity contribution in [2.24, 2.45) is 4.99 Å². The molecule has 4 rings (SSSR count). The van der Waals surface area contributed by atoms with Gasteiger partial charge in [-0.2, -0.15) is 8.42 Å². The van der Waals surface area contributed by atoms with Crippen molar-refractivity contribution in [1.29, 1.82) is 0 Å². The van der Waals surface area contributed by atoms with Crippen molar-refractivity contribution in [3.8, 4) is 11.5 Å². The Bertz CT molecular complexity index is 1460. The van der Waals surface area contributed by atoms with Gasteiger partial charge in [0.25, 0.3) is 5.91 Å². The number of hydrogen-bond donors (Lipinski definition) is 1. The second kappa shape index (κ2) is 10.5. The van der Waals surface area contributed by atoms with E-state index in [1.165, 1.54) is 43.5 Å². The molecule has 35 heavy (non-hydrogen) atoms. The minimum atomic E-state index is -4.20. The quantitative estimate of drug-likeness (QED) is 0.276. The zero-order chi connectivity index (χ0) is 25.2. The van der Waals surface area contributed by atoms with Gasteiger partial charge in [0.1, 0.15) is 4.90 Å². The summed E-state index contributed by atoms with van der Waals surface area (Å²) in [4.78, 5) is 17.1. The van der Waals surface area contributed by atoms with Crippen molar-refractivity contribution in [2.45, 2.75) is 4.90 Å². The van der Waals surface area contributed by atoms with Crippen LogP contribution in [0.25, 0.3) is 6.08 Å². The molecular weight excluding hydrogens is 555 g/mol. The lowest BCUT2D eigenvalue weighted by Crippen LogP contribution is -2.19. The summed E-state index contributed by atoms with van der Waals surface area (Å²) in [6.07, 6.45) is 1.58. The zero-order valence-electron chi connectivity index (χ0n) is 17.8. The van der Waals surface area contributed by atoms with E-state index in [1.54, 1.807) is 30.3 Å². The third-order valence-electron chi connectivity index (χ3n) is 4.55. The predicted octanol–water partition coefficient (Wildman–Crippen LogP) is 6.31. The van der Waals surface area contributed by atoms with E-state index in [4.69, 9.17) is 43.7 Å². The van der Waals surface area contributed by atoms with Gasteiger partial charge in [-0.1, -0.05) is 34.8 Å². The first-order valence-corrected chi connectivity index (χ1v) is 13.1. The number of carbonyl (C=O) groups is 1. The molecule has 0 unspecified atom stereocenters. The van der Waals surface area contributed by atoms with Gasteiger partial charge in [-0.25, -0.2) is 4.99 Å². The molecule has 12 heteroatoms. The van der Waals surface area contributed by atoms with E-state index in [-0.39, 0.29) is 27.3 Å². The van der Waals surface area contributed by atoms with Crippen LogP contribution in [-0.2, 0) is 14.9 Å². The Kier molecular flexibility index (Phi) is 7.63. The molecule has 0 radical (unpaired) electrons. The van der Waals surface area contributed by atoms with Crippen LogP contribution in [0.1, 0.15) is 5.56 Å². The fourth-order valence-corrected chi connectivity index (χ4v) is 5.28. The summed E-state index contributed by atoms with van der Waals surface area (Å²) in [5, 5.41) is 4.03. The maximum atomic E-state index is 12.7. The SMILES string of the molecule is COc1cc(/C=C2\SC(=Nc3ccc(Cl)cc3)NC2=O)cc(Cl)c1OS(=O)(=O)c1ccc(Cl)cc1. The van der Waals surface area contributed by atoms with Gasteiger partial charge in [0.15, 0.2) is 10.9 Å². The minimum Gasteiger partial charge on any atom is -0.493 e. The fraction of sp³-hybridized carbons (Fsp3) is 0.0435. The number of ether oxygens (including phenoxy) is 1. The number of methoxy groups -OCH3 is 1. The van der Waals surface area contributed by atoms with E-state index in [1.807, 2.05) is 0 Å². The monoisotopic (exact) mass is 568 g/mol. The Morgan fingerprint density at radius 3 is 2.23 bits per heavy atom. The summed E-state index contributed by atoms with van der Waals surface area (Å²) < 4.78 is 35.9. The molecule has 1 aliphatic rings. The fourth-order valence-electron chi connectivity index (χ4n) is 2.93. The van der Waals surface area contributed by atoms with E-state index in [0.29, 0.717) is 31.4 Å². The largest absolute Gasteiger partial charge is 0.493 e. The van der Waals surface area contributed by atoms with Gasteiger partial charge in [-0.3, -0.25) is 4.79 Å². The Balaban J connectivity index is 1.60. The van der Waals surface area contributed by atoms with Gasteiger partial charge in [0, 0.05) is 10.0 Å². The standard InChI is InChI=1S/C23H15Cl3N2O5S2/c1-32-19-11-13(10-18(26)21(19)33-35(30,31)17-8-4-15(25)5-9-17)12-20-22(29)28-23(34-20)27-16-6-2-14(24)3-7-16/h2-12H,1H3,(H,27,28,29)/b20-12-. The van der Waals surface area contributed by atoms with Crippen LogP contribution in [0.4, 0.5) is 5.69 Å². The first kappa shape index (κ1) is 25.4. The van der Waals surface area contributed by atoms with Crippen LogP contribution < -0.4 is 14.2 Å². The van der Waals surface area contributed by atoms with Gasteiger partial charge >= 0.3 is 10.1 Å². The van der Waals surface area contributed by atoms with Crippen molar-refractivity contribution in [2.75, 3.05) is 7.11 Å². The van der Waals surface area contributed by atoms with E-state index in [9.17, 15) is 13.2 Å². The number of nitrogens with zero attached hydrogens (tertiary/aromatic N) is 1. The normalized spacial score (nSPS) is 15.9. The highest BCUT2D eigenvalue weighted by Gasteiger charge is 2.25. The predicted molar refractivity (Wildman–Crippen MR) is 140 cm³/mol. The molecule has 1 amide bonds. The average molecular weight is 570 g/mol. The number of thioether (sulfide) groups is 1. The number of nitrogens with one attached hydrogen (secondary N) is 1. The summed E-state index contributed by atoms with van der Waals surface area (Å²) in [5.74, 6) is -0.455. The van der Waals surface area contributed by atoms with Gasteiger partial charge < -0.3 is 14.2 Å². The molecule has 1 saturated heterocycles. The molecule has 0 aromatic heterocycles. The van der Waals surface area contributed by atoms with Crippen LogP contribution in [0.3, 0.4) is 0 Å². The smallest absolute Gasteiger partial charge is 0.339 e. The second-order valence-corrected chi connectivity index (χ2v) is 10.8. The lowest BCUT2D eigenvalue weighted by molar-refractivity contribution is -0.115. The van der Waals surface area contributed by atoms with Crippen LogP contribution in [-0.4, -0.2) is 26.6 Å². The van der Waals surface area contributed by atoms with E-state index >= 15 is 0 Å². The zero-order valence-corrected chi connectivity index (χ0v) is 21.7. The number of rotatable bonds is 6. The van der Waals surface area contributed by atoms with Crippen molar-refractivity contribution < 1.29 is 22.1 Å². The molecule has 1 fully saturated rings. The van der Waals surface area contributed by atoms with E-state index < -0.39 is 10.1 Å². The third kappa shape index (κ3) is 6.12. The number of benzene rings is 3. The summed E-state index contributed by atoms with van der Waals surface area (Å²) in [5.41, 5.74) is 1.13. The van der Waals surface area contributed by atoms with Crippen molar-refractivity contribution in [3.05, 3.63) is 86.2 Å². The topological polar surface area (TPSA) is 94.1 Å². The number of amidine groups is 1. The molecule has 1 N–H and O–H groups in total. The summed E-state index contributed by atoms with van der Waals surface area (Å²) in [6, 6.07) is 15.3. The van der Waals surface area contributed by atoms with Gasteiger partial charge in [-0.15, -0.1) is 0 Å². The number of carbonyl (C=O) groups excluding carboxylic acids is 1. The molecule has 0 spiro atoms. The Labute approximate surface area is 220 Å². The van der Waals surface area contributed by atoms with Gasteiger partial charge in [-0.05, 0) is 84.1 Å². The highest BCUT2D eigenvalue weighted by Crippen LogP contribution is 2.39. The van der Waals surface area contributed by atoms with E-state index in [0.717, 1.165) is 11.8 Å². The Hall–Kier alpha value is -2.69. The molecule has 0 atom stereocenters. The molecule has 3 aromatic carbocycles. The Morgan fingerprint density at radius 1 is 0.971 bits per heavy atom. The molecule has 1 aliphatic heterocycles. The number of hydrogen-bond acceptors (Lipinski definition) is 7. The number of amides is 1. The second-order valence-electron chi connectivity index (χ2n) is 6.98. The first-order chi connectivity index (χ1) is 16.6. The average Bonchev–Trinajstić information content (AvgIpc) is 3.15. The maximum Gasteiger partial charge on any atom is 0.339 e. The first-order valence-electron chi connectivity index (χ1n) is 9.77. The van der Waals surface area contributed by atoms with Crippen molar-refractivity contribution in [1.82, 2.24) is 5.32 Å². The molecule has 0 aliphatic carbocycles. The lowest BCUT2D eigenvalue weighted by atomic mass is 10.2. The summed E-state index contributed by atoms with van der Waals surface area (Å²) in [6.45, 7) is 0. The number of aliphatic imine (C=N–C) groups is 1. The summed E-state index contributed by atoms with van der Waals surface area (Å²) in [7, 11) is -2.85. The molecule has 0 bridgehead atoms. The van der Waals surface area contributed by atoms with Crippen LogP contribution in [0, 0.1) is 0 Å². The molecule has 1 heterocycles. The van der Waals surface area contributed by atoms with Crippen molar-refractivity contribution >= 4 is 79.5 Å². The third-order valence-corrected chi connectivity index (χ3v) is 7.48. The molecular formula is C23H15Cl3N2O5S2. The highest BCUT2D eigenvalue weighted by molar-refractivity contribution is 8.18. The molecule has 0 saturated carbocycles. The maximum absolute atomic E-state index is 12.7. The van der Waals surface area contributed by atoms with Gasteiger partial charge in [0.05, 0.1) is 22.7 Å². The Morgan fingerprint density at radius 2 is 1.60 bits per heavy atom. The van der Waals surface area contributed by atoms with Crippen molar-refractivity contribution in [3.63, 3.8) is 0 Å². The highest BCUT2D eigenvalue weighted by atomic mass is 35.5. The molecule has 7 nitrogen and oxygen atoms in total. The minimum absolute atomic E-state index is 0.0211. The van der Waals surface area contributed by atoms with Gasteiger partial charge in [0.2, 0.25) is 5.75 Å². The van der Waals surface area contributed by atoms with Crippen LogP contribution in [0.15, 0.2) is 75.5 Å². The molecule has 180 valence electrons.